The first-order chi connectivity index (χ1) is 11.8. The van der Waals surface area contributed by atoms with Crippen molar-refractivity contribution in [2.24, 2.45) is 23.7 Å². The van der Waals surface area contributed by atoms with Crippen LogP contribution in [0.25, 0.3) is 0 Å². The lowest BCUT2D eigenvalue weighted by Gasteiger charge is -2.43. The zero-order valence-corrected chi connectivity index (χ0v) is 13.5. The third-order valence-electron chi connectivity index (χ3n) is 5.47. The minimum absolute atomic E-state index is 0.115. The highest BCUT2D eigenvalue weighted by Crippen LogP contribution is 2.47. The molecule has 0 N–H and O–H groups in total. The molecule has 2 heteroatoms. The molecule has 2 nitrogen and oxygen atoms in total. The second-order valence-electron chi connectivity index (χ2n) is 6.80. The van der Waals surface area contributed by atoms with E-state index in [4.69, 9.17) is 0 Å². The van der Waals surface area contributed by atoms with Crippen molar-refractivity contribution in [3.8, 4) is 0 Å². The molecule has 0 saturated heterocycles. The molecule has 120 valence electrons. The third kappa shape index (κ3) is 2.52. The molecule has 5 rings (SSSR count). The van der Waals surface area contributed by atoms with Crippen LogP contribution in [-0.4, -0.2) is 11.6 Å². The number of hydrogen-bond donors (Lipinski definition) is 0. The summed E-state index contributed by atoms with van der Waals surface area (Å²) in [6.45, 7) is 0. The number of ketones is 2. The highest BCUT2D eigenvalue weighted by atomic mass is 16.1. The van der Waals surface area contributed by atoms with Gasteiger partial charge in [-0.3, -0.25) is 9.59 Å². The molecule has 4 atom stereocenters. The van der Waals surface area contributed by atoms with Crippen molar-refractivity contribution in [3.05, 3.63) is 83.9 Å². The van der Waals surface area contributed by atoms with Gasteiger partial charge in [-0.25, -0.2) is 0 Å². The Labute approximate surface area is 142 Å². The van der Waals surface area contributed by atoms with Gasteiger partial charge < -0.3 is 0 Å². The fourth-order valence-electron chi connectivity index (χ4n) is 4.30. The molecule has 2 aromatic carbocycles. The first kappa shape index (κ1) is 15.1. The molecule has 0 heterocycles. The minimum atomic E-state index is -0.233. The molecule has 0 aliphatic heterocycles. The molecule has 1 saturated carbocycles. The fraction of sp³-hybridized carbons (Fsp3) is 0.273. The predicted octanol–water partition coefficient (Wildman–Crippen LogP) is 4.58. The molecule has 1 fully saturated rings. The van der Waals surface area contributed by atoms with E-state index in [2.05, 4.69) is 12.2 Å². The molecular weight excluding hydrogens is 296 g/mol. The average Bonchev–Trinajstić information content (AvgIpc) is 2.68. The van der Waals surface area contributed by atoms with Crippen LogP contribution in [0.4, 0.5) is 0 Å². The molecule has 2 bridgehead atoms. The second-order valence-corrected chi connectivity index (χ2v) is 6.80. The van der Waals surface area contributed by atoms with Crippen LogP contribution in [0.5, 0.6) is 0 Å². The Kier molecular flexibility index (Phi) is 3.89. The average molecular weight is 316 g/mol. The first-order valence-corrected chi connectivity index (χ1v) is 8.62. The van der Waals surface area contributed by atoms with Crippen LogP contribution < -0.4 is 0 Å². The van der Waals surface area contributed by atoms with Crippen LogP contribution in [0.1, 0.15) is 33.6 Å². The van der Waals surface area contributed by atoms with Gasteiger partial charge in [0.25, 0.3) is 0 Å². The van der Waals surface area contributed by atoms with Gasteiger partial charge in [-0.1, -0.05) is 72.8 Å². The summed E-state index contributed by atoms with van der Waals surface area (Å²) < 4.78 is 0. The van der Waals surface area contributed by atoms with Crippen molar-refractivity contribution in [1.82, 2.24) is 0 Å². The van der Waals surface area contributed by atoms with Gasteiger partial charge in [0, 0.05) is 23.0 Å². The van der Waals surface area contributed by atoms with Gasteiger partial charge >= 0.3 is 0 Å². The zero-order valence-electron chi connectivity index (χ0n) is 13.5. The van der Waals surface area contributed by atoms with E-state index in [0.29, 0.717) is 11.1 Å². The molecule has 24 heavy (non-hydrogen) atoms. The summed E-state index contributed by atoms with van der Waals surface area (Å²) in [7, 11) is 0. The van der Waals surface area contributed by atoms with Crippen LogP contribution >= 0.6 is 0 Å². The van der Waals surface area contributed by atoms with E-state index in [1.54, 1.807) is 0 Å². The summed E-state index contributed by atoms with van der Waals surface area (Å²) in [6, 6.07) is 18.8. The van der Waals surface area contributed by atoms with Gasteiger partial charge in [0.15, 0.2) is 11.6 Å². The number of hydrogen-bond acceptors (Lipinski definition) is 2. The maximum Gasteiger partial charge on any atom is 0.167 e. The standard InChI is InChI=1S/C22H20O2/c23-21(17-7-3-1-4-8-17)19-15-11-13-16(14-12-15)20(19)22(24)18-9-5-2-6-10-18/h1-11,13,15-16,19-20H,12,14H2/t15-,16+,19?,20?. The molecule has 0 aromatic heterocycles. The number of allylic oxidation sites excluding steroid dienone is 2. The third-order valence-corrected chi connectivity index (χ3v) is 5.47. The summed E-state index contributed by atoms with van der Waals surface area (Å²) >= 11 is 0. The lowest BCUT2D eigenvalue weighted by molar-refractivity contribution is 0.0554. The van der Waals surface area contributed by atoms with E-state index in [9.17, 15) is 9.59 Å². The Balaban J connectivity index is 1.72. The minimum Gasteiger partial charge on any atom is -0.294 e. The van der Waals surface area contributed by atoms with Crippen molar-refractivity contribution >= 4 is 11.6 Å². The lowest BCUT2D eigenvalue weighted by atomic mass is 9.58. The van der Waals surface area contributed by atoms with E-state index in [1.807, 2.05) is 60.7 Å². The molecule has 0 radical (unpaired) electrons. The Hall–Kier alpha value is -2.48. The Morgan fingerprint density at radius 3 is 1.33 bits per heavy atom. The van der Waals surface area contributed by atoms with Crippen molar-refractivity contribution < 1.29 is 9.59 Å². The van der Waals surface area contributed by atoms with Gasteiger partial charge in [-0.05, 0) is 24.7 Å². The summed E-state index contributed by atoms with van der Waals surface area (Å²) in [4.78, 5) is 26.3. The lowest BCUT2D eigenvalue weighted by Crippen LogP contribution is -2.45. The van der Waals surface area contributed by atoms with Gasteiger partial charge in [0.1, 0.15) is 0 Å². The van der Waals surface area contributed by atoms with Gasteiger partial charge in [-0.15, -0.1) is 0 Å². The zero-order chi connectivity index (χ0) is 16.5. The highest BCUT2D eigenvalue weighted by molar-refractivity contribution is 6.05. The largest absolute Gasteiger partial charge is 0.294 e. The predicted molar refractivity (Wildman–Crippen MR) is 93.9 cm³/mol. The van der Waals surface area contributed by atoms with Crippen molar-refractivity contribution in [1.29, 1.82) is 0 Å². The van der Waals surface area contributed by atoms with Gasteiger partial charge in [0.2, 0.25) is 0 Å². The van der Waals surface area contributed by atoms with Crippen LogP contribution in [0.15, 0.2) is 72.8 Å². The number of rotatable bonds is 4. The van der Waals surface area contributed by atoms with Gasteiger partial charge in [-0.2, -0.15) is 0 Å². The summed E-state index contributed by atoms with van der Waals surface area (Å²) in [5.74, 6) is 0.126. The fourth-order valence-corrected chi connectivity index (χ4v) is 4.30. The van der Waals surface area contributed by atoms with E-state index in [0.717, 1.165) is 12.8 Å². The molecule has 0 spiro atoms. The number of carbonyl (C=O) groups excluding carboxylic acids is 2. The van der Waals surface area contributed by atoms with E-state index < -0.39 is 0 Å². The first-order valence-electron chi connectivity index (χ1n) is 8.62. The number of benzene rings is 2. The van der Waals surface area contributed by atoms with E-state index in [1.165, 1.54) is 0 Å². The van der Waals surface area contributed by atoms with Crippen LogP contribution in [0.2, 0.25) is 0 Å². The molecule has 2 unspecified atom stereocenters. The SMILES string of the molecule is O=C(c1ccccc1)C1C(C(=O)c2ccccc2)[C@H]2C=C[C@@H]1CC2. The molecular formula is C22H20O2. The monoisotopic (exact) mass is 316 g/mol. The Morgan fingerprint density at radius 2 is 1.00 bits per heavy atom. The van der Waals surface area contributed by atoms with Crippen LogP contribution in [0, 0.1) is 23.7 Å². The molecule has 3 aliphatic rings. The maximum absolute atomic E-state index is 13.1. The molecule has 0 amide bonds. The van der Waals surface area contributed by atoms with Crippen LogP contribution in [-0.2, 0) is 0 Å². The van der Waals surface area contributed by atoms with Crippen molar-refractivity contribution in [2.45, 2.75) is 12.8 Å². The van der Waals surface area contributed by atoms with E-state index >= 15 is 0 Å². The smallest absolute Gasteiger partial charge is 0.167 e. The number of carbonyl (C=O) groups is 2. The molecule has 2 aromatic rings. The number of Topliss-reactive ketones (excluding diaryl/α,β-unsaturated/α-hetero) is 2. The highest BCUT2D eigenvalue weighted by Gasteiger charge is 2.47. The Bertz CT molecular complexity index is 709. The summed E-state index contributed by atoms with van der Waals surface area (Å²) in [6.07, 6.45) is 6.33. The summed E-state index contributed by atoms with van der Waals surface area (Å²) in [5, 5.41) is 0. The molecule has 3 aliphatic carbocycles. The van der Waals surface area contributed by atoms with Crippen molar-refractivity contribution in [3.63, 3.8) is 0 Å². The number of fused-ring (bicyclic) bond motifs is 2. The van der Waals surface area contributed by atoms with Crippen LogP contribution in [0.3, 0.4) is 0 Å². The van der Waals surface area contributed by atoms with Gasteiger partial charge in [0.05, 0.1) is 0 Å². The van der Waals surface area contributed by atoms with E-state index in [-0.39, 0.29) is 35.2 Å². The quantitative estimate of drug-likeness (QED) is 0.611. The normalized spacial score (nSPS) is 27.8. The topological polar surface area (TPSA) is 34.1 Å². The van der Waals surface area contributed by atoms with Crippen molar-refractivity contribution in [2.75, 3.05) is 0 Å². The summed E-state index contributed by atoms with van der Waals surface area (Å²) in [5.41, 5.74) is 1.43. The maximum atomic E-state index is 13.1. The second kappa shape index (κ2) is 6.20. The Morgan fingerprint density at radius 1 is 0.625 bits per heavy atom.